The summed E-state index contributed by atoms with van der Waals surface area (Å²) < 4.78 is 5.63. The standard InChI is InChI=1S/C17H25NO/c1-13-17(11-12-19-13)18-16-9-7-15(8-10-16)14-5-3-2-4-6-14/h2-6,13,15-18H,7-12H2,1H3. The van der Waals surface area contributed by atoms with Crippen LogP contribution in [0.4, 0.5) is 0 Å². The highest BCUT2D eigenvalue weighted by molar-refractivity contribution is 5.20. The molecule has 19 heavy (non-hydrogen) atoms. The average Bonchev–Trinajstić information content (AvgIpc) is 2.86. The molecule has 0 radical (unpaired) electrons. The average molecular weight is 259 g/mol. The molecule has 2 unspecified atom stereocenters. The summed E-state index contributed by atoms with van der Waals surface area (Å²) in [5, 5.41) is 3.81. The van der Waals surface area contributed by atoms with Crippen molar-refractivity contribution in [2.45, 2.75) is 63.1 Å². The van der Waals surface area contributed by atoms with Gasteiger partial charge in [-0.2, -0.15) is 0 Å². The first-order valence-corrected chi connectivity index (χ1v) is 7.75. The molecule has 1 aliphatic heterocycles. The van der Waals surface area contributed by atoms with Crippen LogP contribution >= 0.6 is 0 Å². The minimum Gasteiger partial charge on any atom is -0.377 e. The van der Waals surface area contributed by atoms with Crippen molar-refractivity contribution < 1.29 is 4.74 Å². The van der Waals surface area contributed by atoms with Gasteiger partial charge in [0.25, 0.3) is 0 Å². The molecule has 1 saturated carbocycles. The third-order valence-electron chi connectivity index (χ3n) is 4.82. The van der Waals surface area contributed by atoms with Crippen molar-refractivity contribution in [3.05, 3.63) is 35.9 Å². The highest BCUT2D eigenvalue weighted by Gasteiger charge is 2.29. The van der Waals surface area contributed by atoms with Crippen molar-refractivity contribution in [2.24, 2.45) is 0 Å². The Bertz CT molecular complexity index is 384. The predicted octanol–water partition coefficient (Wildman–Crippen LogP) is 3.48. The smallest absolute Gasteiger partial charge is 0.0700 e. The van der Waals surface area contributed by atoms with Crippen LogP contribution in [0.3, 0.4) is 0 Å². The van der Waals surface area contributed by atoms with Crippen molar-refractivity contribution >= 4 is 0 Å². The molecule has 0 spiro atoms. The summed E-state index contributed by atoms with van der Waals surface area (Å²) in [7, 11) is 0. The Kier molecular flexibility index (Phi) is 4.19. The summed E-state index contributed by atoms with van der Waals surface area (Å²) in [4.78, 5) is 0. The molecule has 2 nitrogen and oxygen atoms in total. The maximum absolute atomic E-state index is 5.63. The van der Waals surface area contributed by atoms with E-state index in [1.807, 2.05) is 0 Å². The molecule has 1 heterocycles. The molecule has 1 N–H and O–H groups in total. The van der Waals surface area contributed by atoms with Gasteiger partial charge < -0.3 is 10.1 Å². The lowest BCUT2D eigenvalue weighted by atomic mass is 9.81. The van der Waals surface area contributed by atoms with Gasteiger partial charge in [0.2, 0.25) is 0 Å². The molecule has 1 aromatic rings. The highest BCUT2D eigenvalue weighted by Crippen LogP contribution is 2.33. The fourth-order valence-electron chi connectivity index (χ4n) is 3.57. The van der Waals surface area contributed by atoms with Crippen LogP contribution < -0.4 is 5.32 Å². The third kappa shape index (κ3) is 3.18. The van der Waals surface area contributed by atoms with E-state index in [9.17, 15) is 0 Å². The fourth-order valence-corrected chi connectivity index (χ4v) is 3.57. The molecule has 2 atom stereocenters. The fraction of sp³-hybridized carbons (Fsp3) is 0.647. The Balaban J connectivity index is 1.49. The monoisotopic (exact) mass is 259 g/mol. The Labute approximate surface area is 116 Å². The van der Waals surface area contributed by atoms with Gasteiger partial charge in [-0.15, -0.1) is 0 Å². The largest absolute Gasteiger partial charge is 0.377 e. The molecule has 2 aliphatic rings. The molecule has 2 fully saturated rings. The number of benzene rings is 1. The normalized spacial score (nSPS) is 35.4. The van der Waals surface area contributed by atoms with Gasteiger partial charge in [0.05, 0.1) is 6.10 Å². The van der Waals surface area contributed by atoms with Crippen LogP contribution in [0, 0.1) is 0 Å². The number of hydrogen-bond acceptors (Lipinski definition) is 2. The van der Waals surface area contributed by atoms with E-state index in [2.05, 4.69) is 42.6 Å². The van der Waals surface area contributed by atoms with Crippen molar-refractivity contribution in [1.82, 2.24) is 5.32 Å². The zero-order chi connectivity index (χ0) is 13.1. The molecule has 104 valence electrons. The minimum absolute atomic E-state index is 0.395. The van der Waals surface area contributed by atoms with Gasteiger partial charge in [-0.05, 0) is 50.5 Å². The lowest BCUT2D eigenvalue weighted by molar-refractivity contribution is 0.109. The molecular weight excluding hydrogens is 234 g/mol. The van der Waals surface area contributed by atoms with Crippen molar-refractivity contribution in [1.29, 1.82) is 0 Å². The van der Waals surface area contributed by atoms with Crippen LogP contribution in [-0.4, -0.2) is 24.8 Å². The lowest BCUT2D eigenvalue weighted by Gasteiger charge is -2.32. The molecule has 2 heteroatoms. The van der Waals surface area contributed by atoms with E-state index >= 15 is 0 Å². The second-order valence-corrected chi connectivity index (χ2v) is 6.10. The summed E-state index contributed by atoms with van der Waals surface area (Å²) >= 11 is 0. The highest BCUT2D eigenvalue weighted by atomic mass is 16.5. The molecule has 3 rings (SSSR count). The Morgan fingerprint density at radius 3 is 2.37 bits per heavy atom. The van der Waals surface area contributed by atoms with Gasteiger partial charge in [0.15, 0.2) is 0 Å². The minimum atomic E-state index is 0.395. The second-order valence-electron chi connectivity index (χ2n) is 6.10. The molecule has 0 amide bonds. The van der Waals surface area contributed by atoms with Crippen LogP contribution in [0.15, 0.2) is 30.3 Å². The molecule has 0 aromatic heterocycles. The van der Waals surface area contributed by atoms with E-state index in [1.54, 1.807) is 0 Å². The van der Waals surface area contributed by atoms with E-state index < -0.39 is 0 Å². The maximum atomic E-state index is 5.63. The van der Waals surface area contributed by atoms with E-state index in [0.29, 0.717) is 18.2 Å². The van der Waals surface area contributed by atoms with Gasteiger partial charge in [-0.1, -0.05) is 30.3 Å². The topological polar surface area (TPSA) is 21.3 Å². The van der Waals surface area contributed by atoms with Gasteiger partial charge in [0, 0.05) is 18.7 Å². The first-order valence-electron chi connectivity index (χ1n) is 7.75. The summed E-state index contributed by atoms with van der Waals surface area (Å²) in [5.41, 5.74) is 1.53. The van der Waals surface area contributed by atoms with Crippen LogP contribution in [0.1, 0.15) is 50.5 Å². The molecule has 1 aromatic carbocycles. The Morgan fingerprint density at radius 1 is 1.00 bits per heavy atom. The summed E-state index contributed by atoms with van der Waals surface area (Å²) in [6.07, 6.45) is 6.84. The number of rotatable bonds is 3. The van der Waals surface area contributed by atoms with E-state index in [1.165, 1.54) is 37.7 Å². The number of nitrogens with one attached hydrogen (secondary N) is 1. The van der Waals surface area contributed by atoms with Crippen LogP contribution in [-0.2, 0) is 4.74 Å². The van der Waals surface area contributed by atoms with Gasteiger partial charge in [0.1, 0.15) is 0 Å². The quantitative estimate of drug-likeness (QED) is 0.897. The van der Waals surface area contributed by atoms with E-state index in [-0.39, 0.29) is 0 Å². The molecule has 0 bridgehead atoms. The Hall–Kier alpha value is -0.860. The zero-order valence-electron chi connectivity index (χ0n) is 11.8. The third-order valence-corrected chi connectivity index (χ3v) is 4.82. The van der Waals surface area contributed by atoms with Gasteiger partial charge in [-0.3, -0.25) is 0 Å². The van der Waals surface area contributed by atoms with E-state index in [4.69, 9.17) is 4.74 Å². The van der Waals surface area contributed by atoms with Crippen molar-refractivity contribution in [3.63, 3.8) is 0 Å². The van der Waals surface area contributed by atoms with Gasteiger partial charge >= 0.3 is 0 Å². The van der Waals surface area contributed by atoms with Crippen molar-refractivity contribution in [2.75, 3.05) is 6.61 Å². The second kappa shape index (κ2) is 6.06. The SMILES string of the molecule is CC1OCCC1NC1CCC(c2ccccc2)CC1. The zero-order valence-corrected chi connectivity index (χ0v) is 11.8. The first kappa shape index (κ1) is 13.1. The lowest BCUT2D eigenvalue weighted by Crippen LogP contribution is -2.43. The van der Waals surface area contributed by atoms with Crippen LogP contribution in [0.5, 0.6) is 0 Å². The van der Waals surface area contributed by atoms with Crippen molar-refractivity contribution in [3.8, 4) is 0 Å². The summed E-state index contributed by atoms with van der Waals surface area (Å²) in [6.45, 7) is 3.12. The Morgan fingerprint density at radius 2 is 1.74 bits per heavy atom. The summed E-state index contributed by atoms with van der Waals surface area (Å²) in [5.74, 6) is 0.775. The van der Waals surface area contributed by atoms with Crippen LogP contribution in [0.2, 0.25) is 0 Å². The number of ether oxygens (including phenoxy) is 1. The van der Waals surface area contributed by atoms with E-state index in [0.717, 1.165) is 12.5 Å². The van der Waals surface area contributed by atoms with Gasteiger partial charge in [-0.25, -0.2) is 0 Å². The predicted molar refractivity (Wildman–Crippen MR) is 78.4 cm³/mol. The molecule has 1 aliphatic carbocycles. The molecule has 1 saturated heterocycles. The first-order chi connectivity index (χ1) is 9.33. The molecular formula is C17H25NO. The number of hydrogen-bond donors (Lipinski definition) is 1. The van der Waals surface area contributed by atoms with Crippen LogP contribution in [0.25, 0.3) is 0 Å². The maximum Gasteiger partial charge on any atom is 0.0700 e. The summed E-state index contributed by atoms with van der Waals surface area (Å²) in [6, 6.07) is 12.3.